The van der Waals surface area contributed by atoms with E-state index in [1.165, 1.54) is 24.3 Å². The number of carbonyl (C=O) groups is 2. The van der Waals surface area contributed by atoms with E-state index in [-0.39, 0.29) is 5.75 Å². The lowest BCUT2D eigenvalue weighted by atomic mass is 10.1. The lowest BCUT2D eigenvalue weighted by molar-refractivity contribution is -0.274. The zero-order valence-electron chi connectivity index (χ0n) is 12.4. The molecule has 2 N–H and O–H groups in total. The van der Waals surface area contributed by atoms with Gasteiger partial charge in [0.2, 0.25) is 0 Å². The van der Waals surface area contributed by atoms with Crippen molar-refractivity contribution in [2.45, 2.75) is 6.36 Å². The number of nitrogens with one attached hydrogen (secondary N) is 1. The molecule has 128 valence electrons. The number of ether oxygens (including phenoxy) is 1. The van der Waals surface area contributed by atoms with E-state index in [0.717, 1.165) is 12.1 Å². The monoisotopic (exact) mass is 349 g/mol. The molecular formula is C17H10F3NO4. The maximum atomic E-state index is 12.1. The van der Waals surface area contributed by atoms with E-state index < -0.39 is 18.2 Å². The van der Waals surface area contributed by atoms with Crippen LogP contribution in [-0.4, -0.2) is 23.3 Å². The van der Waals surface area contributed by atoms with Crippen molar-refractivity contribution in [2.75, 3.05) is 5.32 Å². The Morgan fingerprint density at radius 1 is 0.920 bits per heavy atom. The molecule has 2 rings (SSSR count). The zero-order valence-corrected chi connectivity index (χ0v) is 12.4. The van der Waals surface area contributed by atoms with Crippen LogP contribution in [0.3, 0.4) is 0 Å². The average molecular weight is 349 g/mol. The Morgan fingerprint density at radius 3 is 1.84 bits per heavy atom. The molecule has 0 atom stereocenters. The summed E-state index contributed by atoms with van der Waals surface area (Å²) in [5.74, 6) is 2.47. The van der Waals surface area contributed by atoms with Crippen LogP contribution in [-0.2, 0) is 9.59 Å². The molecule has 0 bridgehead atoms. The van der Waals surface area contributed by atoms with Gasteiger partial charge < -0.3 is 15.2 Å². The van der Waals surface area contributed by atoms with Crippen LogP contribution in [0.15, 0.2) is 48.5 Å². The minimum absolute atomic E-state index is 0.298. The van der Waals surface area contributed by atoms with Crippen molar-refractivity contribution in [1.82, 2.24) is 0 Å². The van der Waals surface area contributed by atoms with E-state index in [4.69, 9.17) is 5.11 Å². The average Bonchev–Trinajstić information content (AvgIpc) is 2.54. The summed E-state index contributed by atoms with van der Waals surface area (Å²) in [6, 6.07) is 11.2. The van der Waals surface area contributed by atoms with Gasteiger partial charge in [0.25, 0.3) is 0 Å². The van der Waals surface area contributed by atoms with Crippen LogP contribution < -0.4 is 10.1 Å². The maximum absolute atomic E-state index is 12.1. The fraction of sp³-hybridized carbons (Fsp3) is 0.0588. The second kappa shape index (κ2) is 7.40. The lowest BCUT2D eigenvalue weighted by Gasteiger charge is -2.07. The van der Waals surface area contributed by atoms with Gasteiger partial charge in [-0.25, -0.2) is 4.79 Å². The van der Waals surface area contributed by atoms with E-state index in [1.54, 1.807) is 12.1 Å². The highest BCUT2D eigenvalue weighted by Gasteiger charge is 2.30. The highest BCUT2D eigenvalue weighted by molar-refractivity contribution is 6.36. The van der Waals surface area contributed by atoms with Crippen molar-refractivity contribution in [3.8, 4) is 17.6 Å². The van der Waals surface area contributed by atoms with Crippen LogP contribution in [0.2, 0.25) is 0 Å². The van der Waals surface area contributed by atoms with Crippen molar-refractivity contribution in [1.29, 1.82) is 0 Å². The molecule has 0 heterocycles. The number of amides is 1. The van der Waals surface area contributed by atoms with Crippen molar-refractivity contribution < 1.29 is 32.6 Å². The molecule has 0 fully saturated rings. The largest absolute Gasteiger partial charge is 0.573 e. The highest BCUT2D eigenvalue weighted by atomic mass is 19.4. The van der Waals surface area contributed by atoms with E-state index >= 15 is 0 Å². The first kappa shape index (κ1) is 17.9. The lowest BCUT2D eigenvalue weighted by Crippen LogP contribution is -2.21. The summed E-state index contributed by atoms with van der Waals surface area (Å²) in [5, 5.41) is 10.7. The molecule has 0 radical (unpaired) electrons. The van der Waals surface area contributed by atoms with Crippen LogP contribution in [0.1, 0.15) is 11.1 Å². The second-order valence-electron chi connectivity index (χ2n) is 4.66. The molecule has 8 heteroatoms. The molecule has 0 aromatic heterocycles. The number of carboxylic acid groups (broad SMARTS) is 1. The fourth-order valence-corrected chi connectivity index (χ4v) is 1.71. The van der Waals surface area contributed by atoms with E-state index in [2.05, 4.69) is 21.9 Å². The predicted molar refractivity (Wildman–Crippen MR) is 81.8 cm³/mol. The summed E-state index contributed by atoms with van der Waals surface area (Å²) in [6.45, 7) is 0. The van der Waals surface area contributed by atoms with E-state index in [1.807, 2.05) is 0 Å². The van der Waals surface area contributed by atoms with Crippen molar-refractivity contribution in [3.05, 3.63) is 59.7 Å². The summed E-state index contributed by atoms with van der Waals surface area (Å²) < 4.78 is 39.9. The number of benzene rings is 2. The van der Waals surface area contributed by atoms with Gasteiger partial charge in [0.05, 0.1) is 0 Å². The number of alkyl halides is 3. The van der Waals surface area contributed by atoms with E-state index in [0.29, 0.717) is 16.8 Å². The van der Waals surface area contributed by atoms with Gasteiger partial charge in [-0.15, -0.1) is 13.2 Å². The van der Waals surface area contributed by atoms with E-state index in [9.17, 15) is 22.8 Å². The van der Waals surface area contributed by atoms with Crippen LogP contribution in [0.4, 0.5) is 18.9 Å². The van der Waals surface area contributed by atoms with Gasteiger partial charge in [-0.05, 0) is 48.5 Å². The van der Waals surface area contributed by atoms with Crippen LogP contribution in [0, 0.1) is 11.8 Å². The number of carbonyl (C=O) groups excluding carboxylic acids is 1. The Morgan fingerprint density at radius 2 is 1.40 bits per heavy atom. The number of aliphatic carboxylic acids is 1. The number of halogens is 3. The third-order valence-electron chi connectivity index (χ3n) is 2.78. The molecule has 0 saturated heterocycles. The first-order valence-electron chi connectivity index (χ1n) is 6.75. The molecule has 2 aromatic carbocycles. The SMILES string of the molecule is O=C(O)C(=O)Nc1ccc(C#Cc2ccc(OC(F)(F)F)cc2)cc1. The minimum atomic E-state index is -4.75. The van der Waals surface area contributed by atoms with Crippen LogP contribution >= 0.6 is 0 Å². The first-order valence-corrected chi connectivity index (χ1v) is 6.75. The van der Waals surface area contributed by atoms with Gasteiger partial charge in [0, 0.05) is 16.8 Å². The molecule has 0 saturated carbocycles. The Labute approximate surface area is 140 Å². The Balaban J connectivity index is 2.03. The topological polar surface area (TPSA) is 75.6 Å². The standard InChI is InChI=1S/C17H10F3NO4/c18-17(19,20)25-14-9-5-12(6-10-14)2-1-11-3-7-13(8-4-11)21-15(22)16(23)24/h3-10H,(H,21,22)(H,23,24). The molecule has 5 nitrogen and oxygen atoms in total. The predicted octanol–water partition coefficient (Wildman–Crippen LogP) is 3.01. The van der Waals surface area contributed by atoms with Gasteiger partial charge in [-0.1, -0.05) is 11.8 Å². The number of carboxylic acids is 1. The summed E-state index contributed by atoms with van der Waals surface area (Å²) in [7, 11) is 0. The van der Waals surface area contributed by atoms with Crippen molar-refractivity contribution in [3.63, 3.8) is 0 Å². The summed E-state index contributed by atoms with van der Waals surface area (Å²) >= 11 is 0. The number of hydrogen-bond acceptors (Lipinski definition) is 3. The molecular weight excluding hydrogens is 339 g/mol. The molecule has 0 spiro atoms. The molecule has 1 amide bonds. The quantitative estimate of drug-likeness (QED) is 0.646. The summed E-state index contributed by atoms with van der Waals surface area (Å²) in [5.41, 5.74) is 1.35. The summed E-state index contributed by atoms with van der Waals surface area (Å²) in [4.78, 5) is 21.4. The Bertz CT molecular complexity index is 831. The number of anilines is 1. The van der Waals surface area contributed by atoms with Gasteiger partial charge in [-0.3, -0.25) is 4.79 Å². The molecule has 2 aromatic rings. The molecule has 0 aliphatic carbocycles. The maximum Gasteiger partial charge on any atom is 0.573 e. The first-order chi connectivity index (χ1) is 11.7. The summed E-state index contributed by atoms with van der Waals surface area (Å²) in [6.07, 6.45) is -4.75. The van der Waals surface area contributed by atoms with Crippen LogP contribution in [0.5, 0.6) is 5.75 Å². The van der Waals surface area contributed by atoms with Crippen LogP contribution in [0.25, 0.3) is 0 Å². The van der Waals surface area contributed by atoms with Crippen molar-refractivity contribution in [2.24, 2.45) is 0 Å². The number of hydrogen-bond donors (Lipinski definition) is 2. The smallest absolute Gasteiger partial charge is 0.474 e. The number of rotatable bonds is 2. The zero-order chi connectivity index (χ0) is 18.4. The normalized spacial score (nSPS) is 10.4. The van der Waals surface area contributed by atoms with Gasteiger partial charge >= 0.3 is 18.2 Å². The van der Waals surface area contributed by atoms with Gasteiger partial charge in [0.15, 0.2) is 0 Å². The third kappa shape index (κ3) is 5.91. The second-order valence-corrected chi connectivity index (χ2v) is 4.66. The Hall–Kier alpha value is -3.47. The minimum Gasteiger partial charge on any atom is -0.474 e. The third-order valence-corrected chi connectivity index (χ3v) is 2.78. The molecule has 0 aliphatic heterocycles. The molecule has 0 unspecified atom stereocenters. The molecule has 0 aliphatic rings. The fourth-order valence-electron chi connectivity index (χ4n) is 1.71. The van der Waals surface area contributed by atoms with Crippen molar-refractivity contribution >= 4 is 17.6 Å². The highest BCUT2D eigenvalue weighted by Crippen LogP contribution is 2.22. The molecule has 25 heavy (non-hydrogen) atoms. The van der Waals surface area contributed by atoms with Gasteiger partial charge in [-0.2, -0.15) is 0 Å². The van der Waals surface area contributed by atoms with Gasteiger partial charge in [0.1, 0.15) is 5.75 Å². The Kier molecular flexibility index (Phi) is 5.29.